The van der Waals surface area contributed by atoms with Crippen molar-refractivity contribution in [3.63, 3.8) is 0 Å². The first-order valence-electron chi connectivity index (χ1n) is 8.01. The monoisotopic (exact) mass is 288 g/mol. The highest BCUT2D eigenvalue weighted by Crippen LogP contribution is 2.21. The van der Waals surface area contributed by atoms with E-state index in [1.54, 1.807) is 0 Å². The molecule has 0 bridgehead atoms. The van der Waals surface area contributed by atoms with Crippen LogP contribution in [0.2, 0.25) is 0 Å². The van der Waals surface area contributed by atoms with E-state index in [-0.39, 0.29) is 5.91 Å². The molecule has 0 spiro atoms. The molecule has 0 unspecified atom stereocenters. The zero-order valence-corrected chi connectivity index (χ0v) is 12.5. The van der Waals surface area contributed by atoms with Gasteiger partial charge in [-0.3, -0.25) is 4.79 Å². The molecule has 2 fully saturated rings. The van der Waals surface area contributed by atoms with E-state index in [2.05, 4.69) is 29.6 Å². The number of hydrogen-bond donors (Lipinski definition) is 1. The Morgan fingerprint density at radius 2 is 1.95 bits per heavy atom. The summed E-state index contributed by atoms with van der Waals surface area (Å²) in [7, 11) is 0. The van der Waals surface area contributed by atoms with E-state index in [4.69, 9.17) is 4.74 Å². The number of benzene rings is 1. The number of ether oxygens (including phenoxy) is 1. The summed E-state index contributed by atoms with van der Waals surface area (Å²) in [5, 5.41) is 3.53. The number of carbonyl (C=O) groups is 1. The van der Waals surface area contributed by atoms with Crippen LogP contribution in [0.4, 0.5) is 5.69 Å². The summed E-state index contributed by atoms with van der Waals surface area (Å²) in [5.74, 6) is 1.00. The average Bonchev–Trinajstić information content (AvgIpc) is 2.95. The molecular formula is C17H24N2O2. The van der Waals surface area contributed by atoms with E-state index in [0.29, 0.717) is 6.42 Å². The third-order valence-electron chi connectivity index (χ3n) is 4.42. The van der Waals surface area contributed by atoms with Crippen LogP contribution in [0, 0.1) is 5.92 Å². The molecule has 1 aromatic rings. The molecule has 4 heteroatoms. The van der Waals surface area contributed by atoms with Crippen LogP contribution in [0.25, 0.3) is 0 Å². The molecule has 2 aliphatic heterocycles. The average molecular weight is 288 g/mol. The van der Waals surface area contributed by atoms with Crippen LogP contribution in [-0.4, -0.2) is 32.2 Å². The first-order chi connectivity index (χ1) is 10.3. The topological polar surface area (TPSA) is 41.6 Å². The van der Waals surface area contributed by atoms with Crippen molar-refractivity contribution in [1.82, 2.24) is 5.32 Å². The number of nitrogens with one attached hydrogen (secondary N) is 1. The van der Waals surface area contributed by atoms with Gasteiger partial charge in [0.15, 0.2) is 0 Å². The van der Waals surface area contributed by atoms with Crippen LogP contribution in [0.3, 0.4) is 0 Å². The minimum absolute atomic E-state index is 0.250. The van der Waals surface area contributed by atoms with Crippen molar-refractivity contribution in [3.05, 3.63) is 29.8 Å². The van der Waals surface area contributed by atoms with Crippen molar-refractivity contribution in [1.29, 1.82) is 0 Å². The van der Waals surface area contributed by atoms with Gasteiger partial charge in [0, 0.05) is 38.4 Å². The standard InChI is InChI=1S/C17H24N2O2/c20-17-2-1-9-19(17)16-5-3-14(4-6-16)12-18-13-15-7-10-21-11-8-15/h3-6,15,18H,1-2,7-13H2. The summed E-state index contributed by atoms with van der Waals surface area (Å²) in [6.07, 6.45) is 4.01. The maximum atomic E-state index is 11.7. The minimum atomic E-state index is 0.250. The molecule has 0 aliphatic carbocycles. The first-order valence-corrected chi connectivity index (χ1v) is 8.01. The molecular weight excluding hydrogens is 264 g/mol. The van der Waals surface area contributed by atoms with Crippen LogP contribution >= 0.6 is 0 Å². The molecule has 0 radical (unpaired) electrons. The quantitative estimate of drug-likeness (QED) is 0.904. The van der Waals surface area contributed by atoms with Gasteiger partial charge in [0.25, 0.3) is 0 Å². The lowest BCUT2D eigenvalue weighted by molar-refractivity contribution is -0.117. The van der Waals surface area contributed by atoms with Gasteiger partial charge in [0.05, 0.1) is 0 Å². The summed E-state index contributed by atoms with van der Waals surface area (Å²) in [6, 6.07) is 8.37. The predicted molar refractivity (Wildman–Crippen MR) is 83.3 cm³/mol. The number of carbonyl (C=O) groups excluding carboxylic acids is 1. The molecule has 3 rings (SSSR count). The Balaban J connectivity index is 1.46. The van der Waals surface area contributed by atoms with Gasteiger partial charge in [-0.25, -0.2) is 0 Å². The number of anilines is 1. The highest BCUT2D eigenvalue weighted by Gasteiger charge is 2.21. The second kappa shape index (κ2) is 7.05. The van der Waals surface area contributed by atoms with Crippen molar-refractivity contribution in [2.75, 3.05) is 31.2 Å². The molecule has 21 heavy (non-hydrogen) atoms. The van der Waals surface area contributed by atoms with Gasteiger partial charge in [-0.2, -0.15) is 0 Å². The highest BCUT2D eigenvalue weighted by atomic mass is 16.5. The fourth-order valence-electron chi connectivity index (χ4n) is 3.09. The third kappa shape index (κ3) is 3.83. The lowest BCUT2D eigenvalue weighted by atomic mass is 10.0. The van der Waals surface area contributed by atoms with E-state index in [0.717, 1.165) is 50.9 Å². The van der Waals surface area contributed by atoms with Crippen LogP contribution in [-0.2, 0) is 16.1 Å². The van der Waals surface area contributed by atoms with Crippen LogP contribution in [0.1, 0.15) is 31.2 Å². The number of rotatable bonds is 5. The SMILES string of the molecule is O=C1CCCN1c1ccc(CNCC2CCOCC2)cc1. The number of nitrogens with zero attached hydrogens (tertiary/aromatic N) is 1. The Bertz CT molecular complexity index is 466. The van der Waals surface area contributed by atoms with Crippen molar-refractivity contribution in [2.45, 2.75) is 32.2 Å². The van der Waals surface area contributed by atoms with Crippen LogP contribution in [0.5, 0.6) is 0 Å². The smallest absolute Gasteiger partial charge is 0.227 e. The first kappa shape index (κ1) is 14.5. The van der Waals surface area contributed by atoms with Gasteiger partial charge in [-0.15, -0.1) is 0 Å². The molecule has 4 nitrogen and oxygen atoms in total. The largest absolute Gasteiger partial charge is 0.381 e. The van der Waals surface area contributed by atoms with Gasteiger partial charge in [-0.1, -0.05) is 12.1 Å². The van der Waals surface area contributed by atoms with Crippen molar-refractivity contribution in [3.8, 4) is 0 Å². The van der Waals surface area contributed by atoms with E-state index < -0.39 is 0 Å². The summed E-state index contributed by atoms with van der Waals surface area (Å²) in [6.45, 7) is 4.64. The van der Waals surface area contributed by atoms with Crippen molar-refractivity contribution < 1.29 is 9.53 Å². The lowest BCUT2D eigenvalue weighted by Gasteiger charge is -2.22. The Hall–Kier alpha value is -1.39. The third-order valence-corrected chi connectivity index (χ3v) is 4.42. The Morgan fingerprint density at radius 3 is 2.62 bits per heavy atom. The Morgan fingerprint density at radius 1 is 1.19 bits per heavy atom. The molecule has 1 N–H and O–H groups in total. The van der Waals surface area contributed by atoms with Crippen LogP contribution < -0.4 is 10.2 Å². The van der Waals surface area contributed by atoms with E-state index in [1.807, 2.05) is 4.90 Å². The summed E-state index contributed by atoms with van der Waals surface area (Å²) < 4.78 is 5.37. The maximum absolute atomic E-state index is 11.7. The second-order valence-electron chi connectivity index (χ2n) is 6.00. The highest BCUT2D eigenvalue weighted by molar-refractivity contribution is 5.95. The van der Waals surface area contributed by atoms with Gasteiger partial charge in [0.1, 0.15) is 0 Å². The fourth-order valence-corrected chi connectivity index (χ4v) is 3.09. The van der Waals surface area contributed by atoms with Gasteiger partial charge < -0.3 is 15.0 Å². The molecule has 2 saturated heterocycles. The summed E-state index contributed by atoms with van der Waals surface area (Å²) in [4.78, 5) is 13.6. The van der Waals surface area contributed by atoms with E-state index >= 15 is 0 Å². The number of amides is 1. The zero-order valence-electron chi connectivity index (χ0n) is 12.5. The summed E-state index contributed by atoms with van der Waals surface area (Å²) in [5.41, 5.74) is 2.31. The maximum Gasteiger partial charge on any atom is 0.227 e. The molecule has 1 aromatic carbocycles. The van der Waals surface area contributed by atoms with E-state index in [9.17, 15) is 4.79 Å². The van der Waals surface area contributed by atoms with Gasteiger partial charge in [-0.05, 0) is 49.4 Å². The molecule has 2 heterocycles. The lowest BCUT2D eigenvalue weighted by Crippen LogP contribution is -2.27. The van der Waals surface area contributed by atoms with E-state index in [1.165, 1.54) is 18.4 Å². The molecule has 0 atom stereocenters. The molecule has 1 amide bonds. The normalized spacial score (nSPS) is 20.2. The Labute approximate surface area is 126 Å². The number of hydrogen-bond acceptors (Lipinski definition) is 3. The van der Waals surface area contributed by atoms with Gasteiger partial charge >= 0.3 is 0 Å². The Kier molecular flexibility index (Phi) is 4.88. The molecule has 0 aromatic heterocycles. The van der Waals surface area contributed by atoms with Gasteiger partial charge in [0.2, 0.25) is 5.91 Å². The zero-order chi connectivity index (χ0) is 14.5. The molecule has 114 valence electrons. The molecule has 0 saturated carbocycles. The van der Waals surface area contributed by atoms with Crippen molar-refractivity contribution >= 4 is 11.6 Å². The minimum Gasteiger partial charge on any atom is -0.381 e. The predicted octanol–water partition coefficient (Wildman–Crippen LogP) is 2.33. The van der Waals surface area contributed by atoms with Crippen molar-refractivity contribution in [2.24, 2.45) is 5.92 Å². The molecule has 2 aliphatic rings. The van der Waals surface area contributed by atoms with Crippen LogP contribution in [0.15, 0.2) is 24.3 Å². The fraction of sp³-hybridized carbons (Fsp3) is 0.588. The second-order valence-corrected chi connectivity index (χ2v) is 6.00. The summed E-state index contributed by atoms with van der Waals surface area (Å²) >= 11 is 0.